The summed E-state index contributed by atoms with van der Waals surface area (Å²) in [5, 5.41) is 7.04. The lowest BCUT2D eigenvalue weighted by Gasteiger charge is -2.33. The minimum Gasteiger partial charge on any atom is -0.453 e. The molecule has 1 aliphatic carbocycles. The lowest BCUT2D eigenvalue weighted by Crippen LogP contribution is -2.50. The number of rotatable bonds is 4. The molecule has 1 saturated carbocycles. The second-order valence-electron chi connectivity index (χ2n) is 7.96. The van der Waals surface area contributed by atoms with Gasteiger partial charge in [-0.3, -0.25) is 4.99 Å². The Bertz CT molecular complexity index is 639. The Balaban J connectivity index is 0.00000300. The highest BCUT2D eigenvalue weighted by Gasteiger charge is 2.25. The normalized spacial score (nSPS) is 23.1. The van der Waals surface area contributed by atoms with Crippen molar-refractivity contribution in [2.24, 2.45) is 10.9 Å². The van der Waals surface area contributed by atoms with Crippen molar-refractivity contribution in [2.45, 2.75) is 50.5 Å². The molecule has 0 unspecified atom stereocenters. The molecule has 1 amide bonds. The van der Waals surface area contributed by atoms with Crippen molar-refractivity contribution in [3.05, 3.63) is 35.9 Å². The highest BCUT2D eigenvalue weighted by molar-refractivity contribution is 14.0. The van der Waals surface area contributed by atoms with E-state index in [1.54, 1.807) is 4.90 Å². The van der Waals surface area contributed by atoms with Crippen LogP contribution in [-0.4, -0.2) is 56.8 Å². The number of guanidine groups is 1. The van der Waals surface area contributed by atoms with E-state index in [1.807, 2.05) is 7.05 Å². The second-order valence-corrected chi connectivity index (χ2v) is 7.96. The smallest absolute Gasteiger partial charge is 0.409 e. The van der Waals surface area contributed by atoms with Crippen LogP contribution in [0.1, 0.15) is 50.0 Å². The molecule has 1 heterocycles. The van der Waals surface area contributed by atoms with E-state index in [-0.39, 0.29) is 30.1 Å². The highest BCUT2D eigenvalue weighted by atomic mass is 127. The first-order valence-corrected chi connectivity index (χ1v) is 10.5. The van der Waals surface area contributed by atoms with E-state index in [0.29, 0.717) is 12.0 Å². The van der Waals surface area contributed by atoms with E-state index in [1.165, 1.54) is 38.4 Å². The summed E-state index contributed by atoms with van der Waals surface area (Å²) in [5.74, 6) is 2.30. The number of likely N-dealkylation sites (tertiary alicyclic amines) is 1. The third-order valence-corrected chi connectivity index (χ3v) is 6.17. The number of piperidine rings is 1. The number of hydrogen-bond donors (Lipinski definition) is 2. The molecule has 0 bridgehead atoms. The molecule has 3 rings (SSSR count). The summed E-state index contributed by atoms with van der Waals surface area (Å²) in [5.41, 5.74) is 1.49. The number of methoxy groups -OCH3 is 1. The third kappa shape index (κ3) is 7.04. The SMILES string of the molecule is CN=C(NCC1CCC(c2ccccc2)CC1)NC1CCN(C(=O)OC)CC1.I. The first kappa shape index (κ1) is 23.8. The minimum atomic E-state index is -0.230. The fourth-order valence-corrected chi connectivity index (χ4v) is 4.39. The summed E-state index contributed by atoms with van der Waals surface area (Å²) in [6.07, 6.45) is 6.67. The van der Waals surface area contributed by atoms with Crippen LogP contribution in [0.5, 0.6) is 0 Å². The molecule has 2 N–H and O–H groups in total. The van der Waals surface area contributed by atoms with E-state index in [9.17, 15) is 4.79 Å². The number of nitrogens with zero attached hydrogens (tertiary/aromatic N) is 2. The maximum Gasteiger partial charge on any atom is 0.409 e. The van der Waals surface area contributed by atoms with Gasteiger partial charge in [0.15, 0.2) is 5.96 Å². The van der Waals surface area contributed by atoms with Crippen molar-refractivity contribution in [1.29, 1.82) is 0 Å². The maximum absolute atomic E-state index is 11.6. The van der Waals surface area contributed by atoms with Gasteiger partial charge in [0, 0.05) is 32.7 Å². The standard InChI is InChI=1S/C22H34N4O2.HI/c1-23-21(25-20-12-14-26(15-13-20)22(27)28-2)24-16-17-8-10-19(11-9-17)18-6-4-3-5-7-18;/h3-7,17,19-20H,8-16H2,1-2H3,(H2,23,24,25);1H. The second kappa shape index (κ2) is 12.2. The van der Waals surface area contributed by atoms with Gasteiger partial charge in [-0.2, -0.15) is 0 Å². The van der Waals surface area contributed by atoms with E-state index in [2.05, 4.69) is 46.0 Å². The Morgan fingerprint density at radius 2 is 1.76 bits per heavy atom. The number of nitrogens with one attached hydrogen (secondary N) is 2. The molecule has 6 nitrogen and oxygen atoms in total. The number of hydrogen-bond acceptors (Lipinski definition) is 3. The number of aliphatic imine (C=N–C) groups is 1. The van der Waals surface area contributed by atoms with Crippen molar-refractivity contribution < 1.29 is 9.53 Å². The minimum absolute atomic E-state index is 0. The van der Waals surface area contributed by atoms with Crippen LogP contribution >= 0.6 is 24.0 Å². The molecule has 0 atom stereocenters. The third-order valence-electron chi connectivity index (χ3n) is 6.17. The Morgan fingerprint density at radius 3 is 2.34 bits per heavy atom. The average Bonchev–Trinajstić information content (AvgIpc) is 2.77. The number of halogens is 1. The van der Waals surface area contributed by atoms with Gasteiger partial charge in [0.1, 0.15) is 0 Å². The number of ether oxygens (including phenoxy) is 1. The van der Waals surface area contributed by atoms with E-state index in [4.69, 9.17) is 4.74 Å². The molecule has 2 fully saturated rings. The van der Waals surface area contributed by atoms with Gasteiger partial charge in [-0.05, 0) is 55.9 Å². The summed E-state index contributed by atoms with van der Waals surface area (Å²) in [6, 6.07) is 11.3. The topological polar surface area (TPSA) is 66.0 Å². The van der Waals surface area contributed by atoms with Crippen LogP contribution in [-0.2, 0) is 4.74 Å². The predicted molar refractivity (Wildman–Crippen MR) is 128 cm³/mol. The fraction of sp³-hybridized carbons (Fsp3) is 0.636. The molecular weight excluding hydrogens is 479 g/mol. The monoisotopic (exact) mass is 514 g/mol. The lowest BCUT2D eigenvalue weighted by molar-refractivity contribution is 0.111. The van der Waals surface area contributed by atoms with Crippen LogP contribution in [0.2, 0.25) is 0 Å². The number of carbonyl (C=O) groups is 1. The maximum atomic E-state index is 11.6. The van der Waals surface area contributed by atoms with Crippen LogP contribution in [0.3, 0.4) is 0 Å². The van der Waals surface area contributed by atoms with Crippen molar-refractivity contribution in [2.75, 3.05) is 33.8 Å². The molecule has 1 aromatic carbocycles. The lowest BCUT2D eigenvalue weighted by atomic mass is 9.79. The molecule has 7 heteroatoms. The number of amides is 1. The molecule has 29 heavy (non-hydrogen) atoms. The van der Waals surface area contributed by atoms with Crippen LogP contribution in [0.25, 0.3) is 0 Å². The Hall–Kier alpha value is -1.51. The van der Waals surface area contributed by atoms with Gasteiger partial charge in [0.2, 0.25) is 0 Å². The van der Waals surface area contributed by atoms with Gasteiger partial charge in [0.25, 0.3) is 0 Å². The Labute approximate surface area is 191 Å². The zero-order chi connectivity index (χ0) is 19.8. The van der Waals surface area contributed by atoms with Crippen LogP contribution in [0, 0.1) is 5.92 Å². The predicted octanol–water partition coefficient (Wildman–Crippen LogP) is 3.97. The van der Waals surface area contributed by atoms with Crippen molar-refractivity contribution in [3.8, 4) is 0 Å². The van der Waals surface area contributed by atoms with Crippen LogP contribution in [0.15, 0.2) is 35.3 Å². The number of carbonyl (C=O) groups excluding carboxylic acids is 1. The van der Waals surface area contributed by atoms with Crippen molar-refractivity contribution in [1.82, 2.24) is 15.5 Å². The molecule has 0 radical (unpaired) electrons. The van der Waals surface area contributed by atoms with E-state index in [0.717, 1.165) is 44.4 Å². The van der Waals surface area contributed by atoms with Gasteiger partial charge in [-0.25, -0.2) is 4.79 Å². The quantitative estimate of drug-likeness (QED) is 0.363. The molecule has 1 saturated heterocycles. The molecule has 0 aromatic heterocycles. The van der Waals surface area contributed by atoms with Crippen molar-refractivity contribution in [3.63, 3.8) is 0 Å². The first-order chi connectivity index (χ1) is 13.7. The zero-order valence-corrected chi connectivity index (χ0v) is 19.9. The Kier molecular flexibility index (Phi) is 10.0. The zero-order valence-electron chi connectivity index (χ0n) is 17.6. The van der Waals surface area contributed by atoms with Crippen molar-refractivity contribution >= 4 is 36.0 Å². The van der Waals surface area contributed by atoms with Gasteiger partial charge in [-0.1, -0.05) is 30.3 Å². The van der Waals surface area contributed by atoms with Gasteiger partial charge < -0.3 is 20.3 Å². The summed E-state index contributed by atoms with van der Waals surface area (Å²) >= 11 is 0. The molecule has 1 aromatic rings. The summed E-state index contributed by atoms with van der Waals surface area (Å²) in [6.45, 7) is 2.43. The molecule has 162 valence electrons. The molecular formula is C22H35IN4O2. The summed E-state index contributed by atoms with van der Waals surface area (Å²) < 4.78 is 4.80. The average molecular weight is 514 g/mol. The van der Waals surface area contributed by atoms with Crippen LogP contribution < -0.4 is 10.6 Å². The van der Waals surface area contributed by atoms with E-state index < -0.39 is 0 Å². The first-order valence-electron chi connectivity index (χ1n) is 10.5. The van der Waals surface area contributed by atoms with Gasteiger partial charge in [-0.15, -0.1) is 24.0 Å². The van der Waals surface area contributed by atoms with E-state index >= 15 is 0 Å². The Morgan fingerprint density at radius 1 is 1.10 bits per heavy atom. The highest BCUT2D eigenvalue weighted by Crippen LogP contribution is 2.35. The van der Waals surface area contributed by atoms with Gasteiger partial charge in [0.05, 0.1) is 7.11 Å². The fourth-order valence-electron chi connectivity index (χ4n) is 4.39. The summed E-state index contributed by atoms with van der Waals surface area (Å²) in [7, 11) is 3.26. The molecule has 1 aliphatic heterocycles. The molecule has 0 spiro atoms. The summed E-state index contributed by atoms with van der Waals surface area (Å²) in [4.78, 5) is 17.7. The van der Waals surface area contributed by atoms with Crippen LogP contribution in [0.4, 0.5) is 4.79 Å². The number of benzene rings is 1. The largest absolute Gasteiger partial charge is 0.453 e. The van der Waals surface area contributed by atoms with Gasteiger partial charge >= 0.3 is 6.09 Å². The molecule has 2 aliphatic rings.